The van der Waals surface area contributed by atoms with Crippen LogP contribution in [0.1, 0.15) is 24.6 Å². The van der Waals surface area contributed by atoms with E-state index >= 15 is 0 Å². The Morgan fingerprint density at radius 3 is 2.71 bits per heavy atom. The van der Waals surface area contributed by atoms with E-state index in [1.54, 1.807) is 41.4 Å². The molecule has 0 N–H and O–H groups in total. The molecule has 1 amide bonds. The van der Waals surface area contributed by atoms with E-state index in [1.807, 2.05) is 7.05 Å². The van der Waals surface area contributed by atoms with Gasteiger partial charge in [-0.2, -0.15) is 17.6 Å². The second-order valence-corrected chi connectivity index (χ2v) is 9.79. The van der Waals surface area contributed by atoms with Crippen LogP contribution in [0.2, 0.25) is 0 Å². The summed E-state index contributed by atoms with van der Waals surface area (Å²) in [5.41, 5.74) is 4.31. The van der Waals surface area contributed by atoms with Gasteiger partial charge in [-0.25, -0.2) is 0 Å². The topological polar surface area (TPSA) is 88.4 Å². The summed E-state index contributed by atoms with van der Waals surface area (Å²) in [6.07, 6.45) is 5.17. The van der Waals surface area contributed by atoms with Crippen LogP contribution in [0.25, 0.3) is 16.6 Å². The Labute approximate surface area is 180 Å². The molecule has 0 radical (unpaired) electrons. The van der Waals surface area contributed by atoms with Gasteiger partial charge in [0.25, 0.3) is 10.0 Å². The normalized spacial score (nSPS) is 17.1. The van der Waals surface area contributed by atoms with Crippen molar-refractivity contribution in [1.29, 1.82) is 0 Å². The van der Waals surface area contributed by atoms with Gasteiger partial charge in [0.05, 0.1) is 4.90 Å². The van der Waals surface area contributed by atoms with Crippen LogP contribution in [0.5, 0.6) is 0 Å². The summed E-state index contributed by atoms with van der Waals surface area (Å²) >= 11 is 0. The van der Waals surface area contributed by atoms with Crippen molar-refractivity contribution >= 4 is 38.2 Å². The fourth-order valence-electron chi connectivity index (χ4n) is 4.28. The second kappa shape index (κ2) is 7.28. The summed E-state index contributed by atoms with van der Waals surface area (Å²) in [7, 11) is -1.88. The molecule has 0 bridgehead atoms. The number of hydrogen-bond donors (Lipinski definition) is 0. The summed E-state index contributed by atoms with van der Waals surface area (Å²) in [6.45, 7) is 3.76. The number of likely N-dealkylation sites (N-methyl/N-ethyl adjacent to an activating group) is 1. The maximum absolute atomic E-state index is 13.6. The standard InChI is InChI=1S/C22H23N5O3S/c1-15(28)26-13-9-17-14-18(5-6-19(17)26)31(29,30)27-20-4-3-10-23-22(20)21(24-27)16-7-11-25(2)12-8-16/h3-7,10,14H,8-9,11-13H2,1-2H3. The summed E-state index contributed by atoms with van der Waals surface area (Å²) in [4.78, 5) is 20.3. The van der Waals surface area contributed by atoms with Crippen molar-refractivity contribution in [1.82, 2.24) is 19.1 Å². The van der Waals surface area contributed by atoms with E-state index in [4.69, 9.17) is 0 Å². The molecule has 2 aromatic heterocycles. The van der Waals surface area contributed by atoms with Gasteiger partial charge in [0.15, 0.2) is 0 Å². The van der Waals surface area contributed by atoms with Gasteiger partial charge >= 0.3 is 0 Å². The van der Waals surface area contributed by atoms with Gasteiger partial charge in [-0.1, -0.05) is 6.08 Å². The number of rotatable bonds is 3. The number of hydrogen-bond acceptors (Lipinski definition) is 6. The Kier molecular flexibility index (Phi) is 4.67. The minimum absolute atomic E-state index is 0.0467. The summed E-state index contributed by atoms with van der Waals surface area (Å²) in [5, 5.41) is 4.54. The molecule has 2 aliphatic heterocycles. The molecule has 160 valence electrons. The highest BCUT2D eigenvalue weighted by Crippen LogP contribution is 2.33. The number of anilines is 1. The van der Waals surface area contributed by atoms with Gasteiger partial charge in [-0.05, 0) is 61.4 Å². The lowest BCUT2D eigenvalue weighted by atomic mass is 10.0. The summed E-state index contributed by atoms with van der Waals surface area (Å²) < 4.78 is 28.3. The van der Waals surface area contributed by atoms with Crippen molar-refractivity contribution < 1.29 is 13.2 Å². The molecule has 4 heterocycles. The quantitative estimate of drug-likeness (QED) is 0.625. The Morgan fingerprint density at radius 2 is 1.97 bits per heavy atom. The van der Waals surface area contributed by atoms with Crippen molar-refractivity contribution in [2.24, 2.45) is 0 Å². The third kappa shape index (κ3) is 3.24. The second-order valence-electron chi connectivity index (χ2n) is 8.02. The molecule has 0 fully saturated rings. The molecule has 9 heteroatoms. The number of benzene rings is 1. The number of nitrogens with zero attached hydrogens (tertiary/aromatic N) is 5. The van der Waals surface area contributed by atoms with Gasteiger partial charge in [0.2, 0.25) is 5.91 Å². The summed E-state index contributed by atoms with van der Waals surface area (Å²) in [5.74, 6) is -0.0467. The van der Waals surface area contributed by atoms with Gasteiger partial charge < -0.3 is 9.80 Å². The predicted octanol–water partition coefficient (Wildman–Crippen LogP) is 2.30. The number of fused-ring (bicyclic) bond motifs is 2. The van der Waals surface area contributed by atoms with Crippen LogP contribution in [0, 0.1) is 0 Å². The SMILES string of the molecule is CC(=O)N1CCc2cc(S(=O)(=O)n3nc(C4=CCN(C)CC4)c4ncccc43)ccc21. The Balaban J connectivity index is 1.62. The Morgan fingerprint density at radius 1 is 1.13 bits per heavy atom. The van der Waals surface area contributed by atoms with E-state index in [2.05, 4.69) is 21.1 Å². The van der Waals surface area contributed by atoms with Crippen LogP contribution in [-0.4, -0.2) is 60.1 Å². The van der Waals surface area contributed by atoms with Gasteiger partial charge in [-0.15, -0.1) is 0 Å². The fraction of sp³-hybridized carbons (Fsp3) is 0.318. The monoisotopic (exact) mass is 437 g/mol. The first-order chi connectivity index (χ1) is 14.9. The van der Waals surface area contributed by atoms with E-state index in [0.29, 0.717) is 29.7 Å². The van der Waals surface area contributed by atoms with Gasteiger partial charge in [0.1, 0.15) is 16.7 Å². The maximum Gasteiger partial charge on any atom is 0.283 e. The molecule has 5 rings (SSSR count). The zero-order valence-corrected chi connectivity index (χ0v) is 18.3. The van der Waals surface area contributed by atoms with Gasteiger partial charge in [-0.3, -0.25) is 9.78 Å². The molecular formula is C22H23N5O3S. The van der Waals surface area contributed by atoms with Crippen LogP contribution in [0.15, 0.2) is 47.5 Å². The number of carbonyl (C=O) groups excluding carboxylic acids is 1. The first kappa shape index (κ1) is 19.9. The Bertz CT molecular complexity index is 1340. The predicted molar refractivity (Wildman–Crippen MR) is 118 cm³/mol. The van der Waals surface area contributed by atoms with Crippen LogP contribution < -0.4 is 4.90 Å². The number of aromatic nitrogens is 3. The van der Waals surface area contributed by atoms with Crippen LogP contribution in [-0.2, 0) is 21.2 Å². The minimum Gasteiger partial charge on any atom is -0.312 e. The molecule has 3 aromatic rings. The minimum atomic E-state index is -3.93. The zero-order chi connectivity index (χ0) is 21.8. The van der Waals surface area contributed by atoms with Gasteiger partial charge in [0, 0.05) is 38.4 Å². The first-order valence-electron chi connectivity index (χ1n) is 10.2. The number of carbonyl (C=O) groups is 1. The Hall–Kier alpha value is -3.04. The lowest BCUT2D eigenvalue weighted by Gasteiger charge is -2.20. The van der Waals surface area contributed by atoms with Crippen molar-refractivity contribution in [3.05, 3.63) is 53.9 Å². The largest absolute Gasteiger partial charge is 0.312 e. The van der Waals surface area contributed by atoms with Crippen LogP contribution in [0.3, 0.4) is 0 Å². The molecule has 0 aliphatic carbocycles. The number of amides is 1. The number of pyridine rings is 1. The highest BCUT2D eigenvalue weighted by atomic mass is 32.2. The molecule has 2 aliphatic rings. The van der Waals surface area contributed by atoms with Crippen LogP contribution >= 0.6 is 0 Å². The van der Waals surface area contributed by atoms with Crippen LogP contribution in [0.4, 0.5) is 5.69 Å². The van der Waals surface area contributed by atoms with Crippen molar-refractivity contribution in [2.75, 3.05) is 31.6 Å². The summed E-state index contributed by atoms with van der Waals surface area (Å²) in [6, 6.07) is 8.37. The van der Waals surface area contributed by atoms with E-state index < -0.39 is 10.0 Å². The lowest BCUT2D eigenvalue weighted by Crippen LogP contribution is -2.25. The molecule has 0 saturated carbocycles. The van der Waals surface area contributed by atoms with Crippen molar-refractivity contribution in [3.63, 3.8) is 0 Å². The molecule has 1 aromatic carbocycles. The maximum atomic E-state index is 13.6. The molecule has 0 atom stereocenters. The lowest BCUT2D eigenvalue weighted by molar-refractivity contribution is -0.116. The molecule has 0 unspecified atom stereocenters. The third-order valence-corrected chi connectivity index (χ3v) is 7.56. The molecule has 31 heavy (non-hydrogen) atoms. The zero-order valence-electron chi connectivity index (χ0n) is 17.4. The highest BCUT2D eigenvalue weighted by Gasteiger charge is 2.28. The fourth-order valence-corrected chi connectivity index (χ4v) is 5.60. The van der Waals surface area contributed by atoms with Crippen molar-refractivity contribution in [2.45, 2.75) is 24.7 Å². The van der Waals surface area contributed by atoms with E-state index in [0.717, 1.165) is 40.4 Å². The van der Waals surface area contributed by atoms with E-state index in [9.17, 15) is 13.2 Å². The molecule has 8 nitrogen and oxygen atoms in total. The van der Waals surface area contributed by atoms with E-state index in [1.165, 1.54) is 6.92 Å². The molecule has 0 saturated heterocycles. The average molecular weight is 438 g/mol. The first-order valence-corrected chi connectivity index (χ1v) is 11.7. The van der Waals surface area contributed by atoms with Crippen molar-refractivity contribution in [3.8, 4) is 0 Å². The molecular weight excluding hydrogens is 414 g/mol. The average Bonchev–Trinajstić information content (AvgIpc) is 3.36. The van der Waals surface area contributed by atoms with E-state index in [-0.39, 0.29) is 10.8 Å². The highest BCUT2D eigenvalue weighted by molar-refractivity contribution is 7.90. The molecule has 0 spiro atoms. The smallest absolute Gasteiger partial charge is 0.283 e. The third-order valence-electron chi connectivity index (χ3n) is 5.98.